The SMILES string of the molecule is COc1ccc(C(CNC(=O)C2CCN(c3ccc(Cl)cn3)CC2)N2CCCCC2)cc1. The van der Waals surface area contributed by atoms with Crippen LogP contribution in [0.25, 0.3) is 0 Å². The quantitative estimate of drug-likeness (QED) is 0.673. The summed E-state index contributed by atoms with van der Waals surface area (Å²) < 4.78 is 5.32. The van der Waals surface area contributed by atoms with Gasteiger partial charge in [0, 0.05) is 31.7 Å². The lowest BCUT2D eigenvalue weighted by Crippen LogP contribution is -2.44. The largest absolute Gasteiger partial charge is 0.497 e. The molecule has 0 radical (unpaired) electrons. The molecule has 2 fully saturated rings. The predicted octanol–water partition coefficient (Wildman–Crippen LogP) is 4.30. The van der Waals surface area contributed by atoms with Crippen molar-refractivity contribution in [3.05, 3.63) is 53.2 Å². The molecule has 1 aromatic carbocycles. The van der Waals surface area contributed by atoms with E-state index >= 15 is 0 Å². The fourth-order valence-electron chi connectivity index (χ4n) is 4.78. The Morgan fingerprint density at radius 3 is 2.44 bits per heavy atom. The minimum atomic E-state index is 0.0522. The highest BCUT2D eigenvalue weighted by molar-refractivity contribution is 6.30. The minimum absolute atomic E-state index is 0.0522. The number of amides is 1. The average molecular weight is 457 g/mol. The van der Waals surface area contributed by atoms with E-state index in [2.05, 4.69) is 32.2 Å². The fraction of sp³-hybridized carbons (Fsp3) is 0.520. The molecule has 172 valence electrons. The van der Waals surface area contributed by atoms with E-state index in [-0.39, 0.29) is 17.9 Å². The molecule has 0 spiro atoms. The van der Waals surface area contributed by atoms with Gasteiger partial charge in [-0.05, 0) is 68.6 Å². The maximum absolute atomic E-state index is 13.0. The van der Waals surface area contributed by atoms with Crippen LogP contribution in [0.5, 0.6) is 5.75 Å². The van der Waals surface area contributed by atoms with Gasteiger partial charge in [-0.1, -0.05) is 30.2 Å². The molecule has 2 aromatic rings. The molecule has 0 bridgehead atoms. The third-order valence-electron chi connectivity index (χ3n) is 6.70. The molecule has 1 atom stereocenters. The van der Waals surface area contributed by atoms with Crippen LogP contribution in [0.4, 0.5) is 5.82 Å². The summed E-state index contributed by atoms with van der Waals surface area (Å²) in [5, 5.41) is 3.92. The van der Waals surface area contributed by atoms with Crippen LogP contribution in [0, 0.1) is 5.92 Å². The third kappa shape index (κ3) is 5.73. The highest BCUT2D eigenvalue weighted by Gasteiger charge is 2.28. The van der Waals surface area contributed by atoms with Gasteiger partial charge in [0.2, 0.25) is 5.91 Å². The van der Waals surface area contributed by atoms with Crippen molar-refractivity contribution in [2.24, 2.45) is 5.92 Å². The zero-order valence-electron chi connectivity index (χ0n) is 18.8. The topological polar surface area (TPSA) is 57.7 Å². The number of carbonyl (C=O) groups excluding carboxylic acids is 1. The van der Waals surface area contributed by atoms with Crippen molar-refractivity contribution in [1.29, 1.82) is 0 Å². The summed E-state index contributed by atoms with van der Waals surface area (Å²) >= 11 is 5.95. The van der Waals surface area contributed by atoms with Crippen molar-refractivity contribution in [3.8, 4) is 5.75 Å². The molecule has 1 unspecified atom stereocenters. The molecule has 1 amide bonds. The van der Waals surface area contributed by atoms with Crippen LogP contribution < -0.4 is 15.0 Å². The Labute approximate surface area is 195 Å². The molecule has 7 heteroatoms. The Hall–Kier alpha value is -2.31. The first-order chi connectivity index (χ1) is 15.6. The van der Waals surface area contributed by atoms with Crippen LogP contribution in [0.15, 0.2) is 42.6 Å². The van der Waals surface area contributed by atoms with E-state index in [4.69, 9.17) is 16.3 Å². The number of halogens is 1. The van der Waals surface area contributed by atoms with Crippen LogP contribution in [0.1, 0.15) is 43.7 Å². The van der Waals surface area contributed by atoms with Crippen LogP contribution >= 0.6 is 11.6 Å². The lowest BCUT2D eigenvalue weighted by molar-refractivity contribution is -0.125. The number of aromatic nitrogens is 1. The Kier molecular flexibility index (Phi) is 7.87. The van der Waals surface area contributed by atoms with Gasteiger partial charge in [-0.3, -0.25) is 9.69 Å². The number of carbonyl (C=O) groups is 1. The first-order valence-corrected chi connectivity index (χ1v) is 12.0. The standard InChI is InChI=1S/C25H33ClN4O2/c1-32-22-8-5-19(6-9-22)23(29-13-3-2-4-14-29)18-28-25(31)20-11-15-30(16-12-20)24-10-7-21(26)17-27-24/h5-10,17,20,23H,2-4,11-16,18H2,1H3,(H,28,31). The van der Waals surface area contributed by atoms with Crippen molar-refractivity contribution in [3.63, 3.8) is 0 Å². The Morgan fingerprint density at radius 2 is 1.81 bits per heavy atom. The molecule has 2 aliphatic rings. The maximum atomic E-state index is 13.0. The molecular weight excluding hydrogens is 424 g/mol. The molecule has 2 saturated heterocycles. The van der Waals surface area contributed by atoms with Crippen molar-refractivity contribution < 1.29 is 9.53 Å². The number of hydrogen-bond acceptors (Lipinski definition) is 5. The number of likely N-dealkylation sites (tertiary alicyclic amines) is 1. The summed E-state index contributed by atoms with van der Waals surface area (Å²) in [6.45, 7) is 4.48. The number of pyridine rings is 1. The molecule has 3 heterocycles. The summed E-state index contributed by atoms with van der Waals surface area (Å²) in [7, 11) is 1.69. The highest BCUT2D eigenvalue weighted by Crippen LogP contribution is 2.27. The smallest absolute Gasteiger partial charge is 0.223 e. The van der Waals surface area contributed by atoms with Crippen molar-refractivity contribution in [2.75, 3.05) is 44.7 Å². The number of ether oxygens (including phenoxy) is 1. The van der Waals surface area contributed by atoms with Crippen LogP contribution in [-0.2, 0) is 4.79 Å². The number of hydrogen-bond donors (Lipinski definition) is 1. The van der Waals surface area contributed by atoms with Gasteiger partial charge in [-0.15, -0.1) is 0 Å². The summed E-state index contributed by atoms with van der Waals surface area (Å²) in [6.07, 6.45) is 7.09. The van der Waals surface area contributed by atoms with Gasteiger partial charge in [0.1, 0.15) is 11.6 Å². The first-order valence-electron chi connectivity index (χ1n) is 11.7. The van der Waals surface area contributed by atoms with Gasteiger partial charge in [0.15, 0.2) is 0 Å². The lowest BCUT2D eigenvalue weighted by Gasteiger charge is -2.36. The number of methoxy groups -OCH3 is 1. The second kappa shape index (κ2) is 11.0. The second-order valence-corrected chi connectivity index (χ2v) is 9.16. The number of piperidine rings is 2. The summed E-state index contributed by atoms with van der Waals surface area (Å²) in [6, 6.07) is 12.3. The molecule has 1 N–H and O–H groups in total. The van der Waals surface area contributed by atoms with Crippen molar-refractivity contribution in [2.45, 2.75) is 38.1 Å². The van der Waals surface area contributed by atoms with Crippen molar-refractivity contribution >= 4 is 23.3 Å². The fourth-order valence-corrected chi connectivity index (χ4v) is 4.89. The number of anilines is 1. The Balaban J connectivity index is 1.34. The molecular formula is C25H33ClN4O2. The van der Waals surface area contributed by atoms with Gasteiger partial charge >= 0.3 is 0 Å². The van der Waals surface area contributed by atoms with Gasteiger partial charge in [-0.25, -0.2) is 4.98 Å². The summed E-state index contributed by atoms with van der Waals surface area (Å²) in [5.41, 5.74) is 1.23. The Bertz CT molecular complexity index is 861. The normalized spacial score (nSPS) is 18.9. The predicted molar refractivity (Wildman–Crippen MR) is 128 cm³/mol. The van der Waals surface area contributed by atoms with Crippen LogP contribution in [0.2, 0.25) is 5.02 Å². The summed E-state index contributed by atoms with van der Waals surface area (Å²) in [4.78, 5) is 22.2. The molecule has 1 aromatic heterocycles. The van der Waals surface area contributed by atoms with Gasteiger partial charge in [-0.2, -0.15) is 0 Å². The minimum Gasteiger partial charge on any atom is -0.497 e. The zero-order chi connectivity index (χ0) is 22.3. The average Bonchev–Trinajstić information content (AvgIpc) is 2.86. The molecule has 6 nitrogen and oxygen atoms in total. The van der Waals surface area contributed by atoms with Crippen LogP contribution in [-0.4, -0.2) is 55.6 Å². The van der Waals surface area contributed by atoms with E-state index in [1.165, 1.54) is 24.8 Å². The molecule has 2 aliphatic heterocycles. The number of benzene rings is 1. The van der Waals surface area contributed by atoms with Gasteiger partial charge in [0.25, 0.3) is 0 Å². The van der Waals surface area contributed by atoms with E-state index in [1.807, 2.05) is 24.3 Å². The number of nitrogens with zero attached hydrogens (tertiary/aromatic N) is 3. The molecule has 0 aliphatic carbocycles. The Morgan fingerprint density at radius 1 is 1.09 bits per heavy atom. The molecule has 32 heavy (non-hydrogen) atoms. The molecule has 4 rings (SSSR count). The molecule has 0 saturated carbocycles. The second-order valence-electron chi connectivity index (χ2n) is 8.73. The van der Waals surface area contributed by atoms with Crippen LogP contribution in [0.3, 0.4) is 0 Å². The van der Waals surface area contributed by atoms with Gasteiger partial charge in [0.05, 0.1) is 18.2 Å². The van der Waals surface area contributed by atoms with Crippen molar-refractivity contribution in [1.82, 2.24) is 15.2 Å². The van der Waals surface area contributed by atoms with E-state index in [0.29, 0.717) is 11.6 Å². The first kappa shape index (κ1) is 22.9. The van der Waals surface area contributed by atoms with E-state index < -0.39 is 0 Å². The van der Waals surface area contributed by atoms with E-state index in [1.54, 1.807) is 13.3 Å². The monoisotopic (exact) mass is 456 g/mol. The highest BCUT2D eigenvalue weighted by atomic mass is 35.5. The number of nitrogens with one attached hydrogen (secondary N) is 1. The third-order valence-corrected chi connectivity index (χ3v) is 6.93. The lowest BCUT2D eigenvalue weighted by atomic mass is 9.95. The van der Waals surface area contributed by atoms with E-state index in [9.17, 15) is 4.79 Å². The zero-order valence-corrected chi connectivity index (χ0v) is 19.6. The van der Waals surface area contributed by atoms with Gasteiger partial charge < -0.3 is 15.0 Å². The number of rotatable bonds is 7. The maximum Gasteiger partial charge on any atom is 0.223 e. The van der Waals surface area contributed by atoms with E-state index in [0.717, 1.165) is 50.6 Å². The summed E-state index contributed by atoms with van der Waals surface area (Å²) in [5.74, 6) is 2.01.